The molecule has 0 aliphatic carbocycles. The number of piperazine rings is 1. The second kappa shape index (κ2) is 7.89. The first kappa shape index (κ1) is 16.4. The quantitative estimate of drug-likeness (QED) is 0.872. The van der Waals surface area contributed by atoms with E-state index < -0.39 is 0 Å². The highest BCUT2D eigenvalue weighted by molar-refractivity contribution is 5.93. The molecule has 120 valence electrons. The Morgan fingerprint density at radius 3 is 2.64 bits per heavy atom. The lowest BCUT2D eigenvalue weighted by Crippen LogP contribution is -2.51. The Labute approximate surface area is 131 Å². The molecule has 2 amide bonds. The number of hydrogen-bond acceptors (Lipinski definition) is 4. The Morgan fingerprint density at radius 2 is 2.05 bits per heavy atom. The zero-order valence-corrected chi connectivity index (χ0v) is 13.3. The Hall–Kier alpha value is -1.95. The van der Waals surface area contributed by atoms with E-state index in [0.29, 0.717) is 25.2 Å². The normalized spacial score (nSPS) is 17.1. The molecule has 0 radical (unpaired) electrons. The molecule has 1 atom stereocenters. The van der Waals surface area contributed by atoms with E-state index in [-0.39, 0.29) is 17.9 Å². The molecule has 1 saturated heterocycles. The van der Waals surface area contributed by atoms with Gasteiger partial charge in [0, 0.05) is 44.6 Å². The molecule has 0 saturated carbocycles. The molecule has 1 aliphatic heterocycles. The maximum atomic E-state index is 12.3. The molecule has 1 unspecified atom stereocenters. The van der Waals surface area contributed by atoms with Crippen LogP contribution < -0.4 is 5.32 Å². The predicted molar refractivity (Wildman–Crippen MR) is 84.5 cm³/mol. The molecule has 0 bridgehead atoms. The fourth-order valence-corrected chi connectivity index (χ4v) is 2.41. The number of aromatic nitrogens is 1. The van der Waals surface area contributed by atoms with Crippen LogP contribution in [0.2, 0.25) is 0 Å². The monoisotopic (exact) mass is 304 g/mol. The Morgan fingerprint density at radius 1 is 1.32 bits per heavy atom. The fourth-order valence-electron chi connectivity index (χ4n) is 2.41. The SMILES string of the molecule is CCC(C)NC(=O)CN1CCN(C(=O)c2cccnc2)CC1. The van der Waals surface area contributed by atoms with Gasteiger partial charge in [0.1, 0.15) is 0 Å². The van der Waals surface area contributed by atoms with Gasteiger partial charge < -0.3 is 10.2 Å². The number of nitrogens with zero attached hydrogens (tertiary/aromatic N) is 3. The first-order valence-electron chi connectivity index (χ1n) is 7.81. The lowest BCUT2D eigenvalue weighted by molar-refractivity contribution is -0.123. The van der Waals surface area contributed by atoms with Crippen molar-refractivity contribution in [1.29, 1.82) is 0 Å². The van der Waals surface area contributed by atoms with Crippen LogP contribution in [-0.4, -0.2) is 65.4 Å². The molecule has 0 spiro atoms. The second-order valence-electron chi connectivity index (χ2n) is 5.69. The van der Waals surface area contributed by atoms with Gasteiger partial charge in [0.25, 0.3) is 5.91 Å². The van der Waals surface area contributed by atoms with Gasteiger partial charge >= 0.3 is 0 Å². The lowest BCUT2D eigenvalue weighted by Gasteiger charge is -2.34. The number of rotatable bonds is 5. The molecule has 6 heteroatoms. The summed E-state index contributed by atoms with van der Waals surface area (Å²) in [4.78, 5) is 32.1. The molecule has 2 rings (SSSR count). The standard InChI is InChI=1S/C16H24N4O2/c1-3-13(2)18-15(21)12-19-7-9-20(10-8-19)16(22)14-5-4-6-17-11-14/h4-6,11,13H,3,7-10,12H2,1-2H3,(H,18,21). The third-order valence-electron chi connectivity index (χ3n) is 3.95. The lowest BCUT2D eigenvalue weighted by atomic mass is 10.2. The van der Waals surface area contributed by atoms with Crippen LogP contribution in [0.25, 0.3) is 0 Å². The van der Waals surface area contributed by atoms with Gasteiger partial charge in [0.2, 0.25) is 5.91 Å². The van der Waals surface area contributed by atoms with Crippen LogP contribution in [0.5, 0.6) is 0 Å². The van der Waals surface area contributed by atoms with Gasteiger partial charge in [-0.15, -0.1) is 0 Å². The minimum Gasteiger partial charge on any atom is -0.353 e. The zero-order valence-electron chi connectivity index (χ0n) is 13.3. The molecule has 1 aromatic heterocycles. The second-order valence-corrected chi connectivity index (χ2v) is 5.69. The van der Waals surface area contributed by atoms with E-state index in [1.165, 1.54) is 0 Å². The molecular weight excluding hydrogens is 280 g/mol. The number of amides is 2. The van der Waals surface area contributed by atoms with E-state index in [1.54, 1.807) is 24.5 Å². The summed E-state index contributed by atoms with van der Waals surface area (Å²) in [5.74, 6) is 0.0678. The van der Waals surface area contributed by atoms with E-state index in [4.69, 9.17) is 0 Å². The van der Waals surface area contributed by atoms with Crippen LogP contribution in [-0.2, 0) is 4.79 Å². The van der Waals surface area contributed by atoms with Crippen molar-refractivity contribution in [2.75, 3.05) is 32.7 Å². The summed E-state index contributed by atoms with van der Waals surface area (Å²) in [6.45, 7) is 7.18. The van der Waals surface area contributed by atoms with Crippen LogP contribution in [0, 0.1) is 0 Å². The number of carbonyl (C=O) groups excluding carboxylic acids is 2. The molecular formula is C16H24N4O2. The van der Waals surface area contributed by atoms with Crippen molar-refractivity contribution in [1.82, 2.24) is 20.1 Å². The summed E-state index contributed by atoms with van der Waals surface area (Å²) in [7, 11) is 0. The third-order valence-corrected chi connectivity index (χ3v) is 3.95. The van der Waals surface area contributed by atoms with Crippen molar-refractivity contribution in [3.8, 4) is 0 Å². The van der Waals surface area contributed by atoms with Gasteiger partial charge in [0.15, 0.2) is 0 Å². The number of carbonyl (C=O) groups is 2. The summed E-state index contributed by atoms with van der Waals surface area (Å²) < 4.78 is 0. The predicted octanol–water partition coefficient (Wildman–Crippen LogP) is 0.754. The topological polar surface area (TPSA) is 65.5 Å². The summed E-state index contributed by atoms with van der Waals surface area (Å²) in [5, 5.41) is 2.97. The van der Waals surface area contributed by atoms with Gasteiger partial charge in [-0.05, 0) is 25.5 Å². The summed E-state index contributed by atoms with van der Waals surface area (Å²) in [6.07, 6.45) is 4.18. The first-order chi connectivity index (χ1) is 10.6. The van der Waals surface area contributed by atoms with Crippen LogP contribution in [0.15, 0.2) is 24.5 Å². The fraction of sp³-hybridized carbons (Fsp3) is 0.562. The van der Waals surface area contributed by atoms with Crippen molar-refractivity contribution in [3.05, 3.63) is 30.1 Å². The minimum absolute atomic E-state index is 0.0109. The van der Waals surface area contributed by atoms with E-state index in [1.807, 2.05) is 18.7 Å². The van der Waals surface area contributed by atoms with Crippen molar-refractivity contribution in [2.24, 2.45) is 0 Å². The Kier molecular flexibility index (Phi) is 5.89. The van der Waals surface area contributed by atoms with Crippen molar-refractivity contribution < 1.29 is 9.59 Å². The average molecular weight is 304 g/mol. The summed E-state index contributed by atoms with van der Waals surface area (Å²) in [5.41, 5.74) is 0.616. The third kappa shape index (κ3) is 4.53. The zero-order chi connectivity index (χ0) is 15.9. The van der Waals surface area contributed by atoms with Crippen LogP contribution in [0.4, 0.5) is 0 Å². The van der Waals surface area contributed by atoms with E-state index >= 15 is 0 Å². The van der Waals surface area contributed by atoms with Gasteiger partial charge in [0.05, 0.1) is 12.1 Å². The van der Waals surface area contributed by atoms with E-state index in [0.717, 1.165) is 19.5 Å². The highest BCUT2D eigenvalue weighted by Crippen LogP contribution is 2.07. The molecule has 1 N–H and O–H groups in total. The Balaban J connectivity index is 1.78. The van der Waals surface area contributed by atoms with E-state index in [2.05, 4.69) is 15.2 Å². The maximum Gasteiger partial charge on any atom is 0.255 e. The first-order valence-corrected chi connectivity index (χ1v) is 7.81. The van der Waals surface area contributed by atoms with Crippen molar-refractivity contribution >= 4 is 11.8 Å². The molecule has 22 heavy (non-hydrogen) atoms. The smallest absolute Gasteiger partial charge is 0.255 e. The molecule has 6 nitrogen and oxygen atoms in total. The van der Waals surface area contributed by atoms with Gasteiger partial charge in [-0.1, -0.05) is 6.92 Å². The van der Waals surface area contributed by atoms with Gasteiger partial charge in [-0.25, -0.2) is 0 Å². The van der Waals surface area contributed by atoms with Crippen molar-refractivity contribution in [3.63, 3.8) is 0 Å². The number of nitrogens with one attached hydrogen (secondary N) is 1. The van der Waals surface area contributed by atoms with Crippen LogP contribution >= 0.6 is 0 Å². The molecule has 0 aromatic carbocycles. The molecule has 2 heterocycles. The number of pyridine rings is 1. The van der Waals surface area contributed by atoms with Crippen LogP contribution in [0.1, 0.15) is 30.6 Å². The van der Waals surface area contributed by atoms with Gasteiger partial charge in [-0.3, -0.25) is 19.5 Å². The molecule has 1 aliphatic rings. The maximum absolute atomic E-state index is 12.3. The summed E-state index contributed by atoms with van der Waals surface area (Å²) in [6, 6.07) is 3.75. The Bertz CT molecular complexity index is 498. The number of hydrogen-bond donors (Lipinski definition) is 1. The molecule has 1 aromatic rings. The highest BCUT2D eigenvalue weighted by Gasteiger charge is 2.23. The largest absolute Gasteiger partial charge is 0.353 e. The van der Waals surface area contributed by atoms with E-state index in [9.17, 15) is 9.59 Å². The van der Waals surface area contributed by atoms with Crippen LogP contribution in [0.3, 0.4) is 0 Å². The van der Waals surface area contributed by atoms with Gasteiger partial charge in [-0.2, -0.15) is 0 Å². The summed E-state index contributed by atoms with van der Waals surface area (Å²) >= 11 is 0. The highest BCUT2D eigenvalue weighted by atomic mass is 16.2. The molecule has 1 fully saturated rings. The van der Waals surface area contributed by atoms with Crippen molar-refractivity contribution in [2.45, 2.75) is 26.3 Å². The minimum atomic E-state index is 0.0109. The average Bonchev–Trinajstić information content (AvgIpc) is 2.55.